The lowest BCUT2D eigenvalue weighted by molar-refractivity contribution is -0.902. The van der Waals surface area contributed by atoms with Crippen molar-refractivity contribution in [2.45, 2.75) is 19.4 Å². The summed E-state index contributed by atoms with van der Waals surface area (Å²) in [6, 6.07) is 18.4. The predicted molar refractivity (Wildman–Crippen MR) is 106 cm³/mol. The van der Waals surface area contributed by atoms with Crippen molar-refractivity contribution in [2.24, 2.45) is 0 Å². The molecule has 0 spiro atoms. The molecule has 5 nitrogen and oxygen atoms in total. The Morgan fingerprint density at radius 3 is 2.19 bits per heavy atom. The SMILES string of the molecule is CC[NH+]1CCN(C(=O)[C@H](Cc2ccccc2)NC(=O)c2ccccc2)CC1. The van der Waals surface area contributed by atoms with Crippen LogP contribution >= 0.6 is 0 Å². The molecule has 0 aromatic heterocycles. The molecule has 2 N–H and O–H groups in total. The first-order valence-corrected chi connectivity index (χ1v) is 9.69. The van der Waals surface area contributed by atoms with Gasteiger partial charge in [0.1, 0.15) is 6.04 Å². The maximum Gasteiger partial charge on any atom is 0.251 e. The molecular formula is C22H28N3O2+. The summed E-state index contributed by atoms with van der Waals surface area (Å²) >= 11 is 0. The van der Waals surface area contributed by atoms with Crippen molar-refractivity contribution >= 4 is 11.8 Å². The first-order chi connectivity index (χ1) is 13.2. The Bertz CT molecular complexity index is 741. The van der Waals surface area contributed by atoms with E-state index in [0.717, 1.165) is 38.3 Å². The van der Waals surface area contributed by atoms with E-state index in [1.807, 2.05) is 53.4 Å². The highest BCUT2D eigenvalue weighted by atomic mass is 16.2. The number of hydrogen-bond acceptors (Lipinski definition) is 2. The average Bonchev–Trinajstić information content (AvgIpc) is 2.74. The molecule has 3 rings (SSSR count). The highest BCUT2D eigenvalue weighted by molar-refractivity contribution is 5.97. The molecule has 2 amide bonds. The van der Waals surface area contributed by atoms with E-state index in [0.29, 0.717) is 12.0 Å². The van der Waals surface area contributed by atoms with Gasteiger partial charge in [-0.25, -0.2) is 0 Å². The molecular weight excluding hydrogens is 338 g/mol. The highest BCUT2D eigenvalue weighted by Crippen LogP contribution is 2.08. The number of carbonyl (C=O) groups excluding carboxylic acids is 2. The molecule has 2 aromatic carbocycles. The third-order valence-electron chi connectivity index (χ3n) is 5.20. The Morgan fingerprint density at radius 1 is 1.00 bits per heavy atom. The summed E-state index contributed by atoms with van der Waals surface area (Å²) < 4.78 is 0. The highest BCUT2D eigenvalue weighted by Gasteiger charge is 2.30. The van der Waals surface area contributed by atoms with Crippen LogP contribution < -0.4 is 10.2 Å². The van der Waals surface area contributed by atoms with Gasteiger partial charge in [-0.3, -0.25) is 9.59 Å². The second-order valence-corrected chi connectivity index (χ2v) is 7.01. The molecule has 1 aliphatic rings. The Hall–Kier alpha value is -2.66. The van der Waals surface area contributed by atoms with Crippen molar-refractivity contribution in [2.75, 3.05) is 32.7 Å². The minimum Gasteiger partial charge on any atom is -0.340 e. The molecule has 1 aliphatic heterocycles. The normalized spacial score (nSPS) is 16.0. The first kappa shape index (κ1) is 19.1. The van der Waals surface area contributed by atoms with Gasteiger partial charge in [-0.1, -0.05) is 48.5 Å². The van der Waals surface area contributed by atoms with Crippen molar-refractivity contribution in [3.63, 3.8) is 0 Å². The average molecular weight is 366 g/mol. The zero-order valence-electron chi connectivity index (χ0n) is 15.9. The third kappa shape index (κ3) is 5.17. The minimum absolute atomic E-state index is 0.0123. The zero-order valence-corrected chi connectivity index (χ0v) is 15.9. The Balaban J connectivity index is 1.73. The molecule has 1 heterocycles. The van der Waals surface area contributed by atoms with E-state index in [1.165, 1.54) is 4.90 Å². The van der Waals surface area contributed by atoms with E-state index in [1.54, 1.807) is 12.1 Å². The van der Waals surface area contributed by atoms with Crippen LogP contribution in [0, 0.1) is 0 Å². The third-order valence-corrected chi connectivity index (χ3v) is 5.20. The van der Waals surface area contributed by atoms with Gasteiger partial charge in [0, 0.05) is 12.0 Å². The van der Waals surface area contributed by atoms with Gasteiger partial charge in [-0.05, 0) is 24.6 Å². The van der Waals surface area contributed by atoms with Crippen molar-refractivity contribution in [1.82, 2.24) is 10.2 Å². The fraction of sp³-hybridized carbons (Fsp3) is 0.364. The van der Waals surface area contributed by atoms with Gasteiger partial charge >= 0.3 is 0 Å². The molecule has 2 aromatic rings. The number of nitrogens with zero attached hydrogens (tertiary/aromatic N) is 1. The smallest absolute Gasteiger partial charge is 0.251 e. The van der Waals surface area contributed by atoms with E-state index in [2.05, 4.69) is 12.2 Å². The zero-order chi connectivity index (χ0) is 19.1. The monoisotopic (exact) mass is 366 g/mol. The lowest BCUT2D eigenvalue weighted by atomic mass is 10.0. The Morgan fingerprint density at radius 2 is 1.59 bits per heavy atom. The van der Waals surface area contributed by atoms with Crippen molar-refractivity contribution < 1.29 is 14.5 Å². The maximum absolute atomic E-state index is 13.2. The van der Waals surface area contributed by atoms with Crippen LogP contribution in [0.15, 0.2) is 60.7 Å². The minimum atomic E-state index is -0.553. The van der Waals surface area contributed by atoms with Crippen LogP contribution in [0.1, 0.15) is 22.8 Å². The number of amides is 2. The summed E-state index contributed by atoms with van der Waals surface area (Å²) in [5, 5.41) is 2.97. The van der Waals surface area contributed by atoms with Gasteiger partial charge in [0.15, 0.2) is 0 Å². The predicted octanol–water partition coefficient (Wildman–Crippen LogP) is 0.775. The number of quaternary nitrogens is 1. The van der Waals surface area contributed by atoms with Crippen LogP contribution in [0.25, 0.3) is 0 Å². The number of likely N-dealkylation sites (N-methyl/N-ethyl adjacent to an activating group) is 1. The molecule has 0 unspecified atom stereocenters. The van der Waals surface area contributed by atoms with Crippen molar-refractivity contribution in [3.8, 4) is 0 Å². The second-order valence-electron chi connectivity index (χ2n) is 7.01. The van der Waals surface area contributed by atoms with Gasteiger partial charge in [0.2, 0.25) is 5.91 Å². The van der Waals surface area contributed by atoms with Crippen LogP contribution in [-0.4, -0.2) is 55.5 Å². The first-order valence-electron chi connectivity index (χ1n) is 9.69. The number of hydrogen-bond donors (Lipinski definition) is 2. The van der Waals surface area contributed by atoms with Crippen molar-refractivity contribution in [3.05, 3.63) is 71.8 Å². The lowest BCUT2D eigenvalue weighted by Crippen LogP contribution is -3.14. The van der Waals surface area contributed by atoms with E-state index >= 15 is 0 Å². The number of carbonyl (C=O) groups is 2. The summed E-state index contributed by atoms with van der Waals surface area (Å²) in [5.41, 5.74) is 1.62. The van der Waals surface area contributed by atoms with Gasteiger partial charge in [-0.15, -0.1) is 0 Å². The number of rotatable bonds is 6. The largest absolute Gasteiger partial charge is 0.340 e. The Kier molecular flexibility index (Phi) is 6.60. The van der Waals surface area contributed by atoms with Crippen LogP contribution in [0.3, 0.4) is 0 Å². The summed E-state index contributed by atoms with van der Waals surface area (Å²) in [4.78, 5) is 29.2. The fourth-order valence-corrected chi connectivity index (χ4v) is 3.50. The van der Waals surface area contributed by atoms with E-state index < -0.39 is 6.04 Å². The number of benzene rings is 2. The fourth-order valence-electron chi connectivity index (χ4n) is 3.50. The molecule has 0 radical (unpaired) electrons. The molecule has 1 saturated heterocycles. The summed E-state index contributed by atoms with van der Waals surface area (Å²) in [6.07, 6.45) is 0.499. The van der Waals surface area contributed by atoms with Crippen LogP contribution in [0.2, 0.25) is 0 Å². The summed E-state index contributed by atoms with van der Waals surface area (Å²) in [6.45, 7) is 6.67. The van der Waals surface area contributed by atoms with Crippen LogP contribution in [-0.2, 0) is 11.2 Å². The maximum atomic E-state index is 13.2. The van der Waals surface area contributed by atoms with Gasteiger partial charge in [0.25, 0.3) is 5.91 Å². The van der Waals surface area contributed by atoms with E-state index in [4.69, 9.17) is 0 Å². The van der Waals surface area contributed by atoms with Gasteiger partial charge < -0.3 is 15.1 Å². The molecule has 1 atom stereocenters. The molecule has 1 fully saturated rings. The topological polar surface area (TPSA) is 53.9 Å². The molecule has 27 heavy (non-hydrogen) atoms. The number of nitrogens with one attached hydrogen (secondary N) is 2. The molecule has 0 aliphatic carbocycles. The number of piperazine rings is 1. The standard InChI is InChI=1S/C22H27N3O2/c1-2-24-13-15-25(16-14-24)22(27)20(17-18-9-5-3-6-10-18)23-21(26)19-11-7-4-8-12-19/h3-12,20H,2,13-17H2,1H3,(H,23,26)/p+1/t20-/m0/s1. The molecule has 5 heteroatoms. The molecule has 0 bridgehead atoms. The van der Waals surface area contributed by atoms with Crippen LogP contribution in [0.5, 0.6) is 0 Å². The van der Waals surface area contributed by atoms with Gasteiger partial charge in [-0.2, -0.15) is 0 Å². The van der Waals surface area contributed by atoms with E-state index in [9.17, 15) is 9.59 Å². The Labute approximate surface area is 161 Å². The molecule has 142 valence electrons. The summed E-state index contributed by atoms with van der Waals surface area (Å²) in [7, 11) is 0. The quantitative estimate of drug-likeness (QED) is 0.794. The summed E-state index contributed by atoms with van der Waals surface area (Å²) in [5.74, 6) is -0.194. The molecule has 0 saturated carbocycles. The van der Waals surface area contributed by atoms with Gasteiger partial charge in [0.05, 0.1) is 32.7 Å². The van der Waals surface area contributed by atoms with Crippen molar-refractivity contribution in [1.29, 1.82) is 0 Å². The van der Waals surface area contributed by atoms with Crippen LogP contribution in [0.4, 0.5) is 0 Å². The second kappa shape index (κ2) is 9.33. The van der Waals surface area contributed by atoms with E-state index in [-0.39, 0.29) is 11.8 Å². The lowest BCUT2D eigenvalue weighted by Gasteiger charge is -2.34.